The molecule has 0 aliphatic carbocycles. The van der Waals surface area contributed by atoms with Gasteiger partial charge in [-0.25, -0.2) is 0 Å². The molecule has 4 nitrogen and oxygen atoms in total. The number of hydrogen-bond acceptors (Lipinski definition) is 3. The van der Waals surface area contributed by atoms with Crippen LogP contribution in [0.5, 0.6) is 0 Å². The van der Waals surface area contributed by atoms with E-state index in [0.717, 1.165) is 5.75 Å². The molecule has 1 aromatic rings. The van der Waals surface area contributed by atoms with E-state index in [1.165, 1.54) is 17.3 Å². The summed E-state index contributed by atoms with van der Waals surface area (Å²) in [6, 6.07) is 2.01. The zero-order valence-electron chi connectivity index (χ0n) is 6.86. The normalized spacial score (nSPS) is 9.54. The number of thioether (sulfide) groups is 1. The molecule has 0 bridgehead atoms. The lowest BCUT2D eigenvalue weighted by atomic mass is 10.4. The minimum Gasteiger partial charge on any atom is -0.370 e. The first-order valence-corrected chi connectivity index (χ1v) is 5.43. The van der Waals surface area contributed by atoms with Gasteiger partial charge in [-0.2, -0.15) is 16.3 Å². The maximum Gasteiger partial charge on any atom is 0.193 e. The minimum atomic E-state index is -0.0668. The van der Waals surface area contributed by atoms with Crippen molar-refractivity contribution in [3.63, 3.8) is 0 Å². The Morgan fingerprint density at radius 3 is 2.92 bits per heavy atom. The van der Waals surface area contributed by atoms with Crippen LogP contribution >= 0.6 is 23.1 Å². The quantitative estimate of drug-likeness (QED) is 0.510. The van der Waals surface area contributed by atoms with Crippen molar-refractivity contribution in [2.45, 2.75) is 5.75 Å². The van der Waals surface area contributed by atoms with Gasteiger partial charge in [0.15, 0.2) is 11.1 Å². The van der Waals surface area contributed by atoms with Crippen LogP contribution in [0.25, 0.3) is 0 Å². The van der Waals surface area contributed by atoms with Gasteiger partial charge in [0, 0.05) is 5.75 Å². The van der Waals surface area contributed by atoms with Crippen molar-refractivity contribution < 1.29 is 0 Å². The van der Waals surface area contributed by atoms with Crippen molar-refractivity contribution in [1.82, 2.24) is 0 Å². The van der Waals surface area contributed by atoms with Gasteiger partial charge in [-0.1, -0.05) is 11.8 Å². The average Bonchev–Trinajstić information content (AvgIpc) is 2.51. The molecule has 1 rings (SSSR count). The maximum atomic E-state index is 7.34. The predicted molar refractivity (Wildman–Crippen MR) is 59.2 cm³/mol. The summed E-state index contributed by atoms with van der Waals surface area (Å²) in [4.78, 5) is 3.60. The van der Waals surface area contributed by atoms with Crippen molar-refractivity contribution in [3.8, 4) is 0 Å². The van der Waals surface area contributed by atoms with Crippen LogP contribution < -0.4 is 11.5 Å². The highest BCUT2D eigenvalue weighted by molar-refractivity contribution is 8.13. The molecule has 0 saturated carbocycles. The van der Waals surface area contributed by atoms with E-state index in [1.54, 1.807) is 11.3 Å². The van der Waals surface area contributed by atoms with Crippen molar-refractivity contribution in [2.75, 3.05) is 0 Å². The van der Waals surface area contributed by atoms with Gasteiger partial charge in [0.1, 0.15) is 0 Å². The van der Waals surface area contributed by atoms with Crippen LogP contribution in [-0.2, 0) is 5.75 Å². The highest BCUT2D eigenvalue weighted by atomic mass is 32.2. The summed E-state index contributed by atoms with van der Waals surface area (Å²) < 4.78 is 0. The second-order valence-corrected chi connectivity index (χ2v) is 4.01. The Hall–Kier alpha value is -1.01. The summed E-state index contributed by atoms with van der Waals surface area (Å²) in [5.41, 5.74) is 11.4. The van der Waals surface area contributed by atoms with E-state index in [2.05, 4.69) is 4.99 Å². The SMILES string of the molecule is N=C(N=C(N)N)SCc1ccsc1. The van der Waals surface area contributed by atoms with E-state index in [9.17, 15) is 0 Å². The molecule has 1 heterocycles. The van der Waals surface area contributed by atoms with E-state index in [4.69, 9.17) is 16.9 Å². The third-order valence-corrected chi connectivity index (χ3v) is 2.76. The second kappa shape index (κ2) is 4.88. The second-order valence-electron chi connectivity index (χ2n) is 2.26. The molecule has 0 aliphatic heterocycles. The number of hydrogen-bond donors (Lipinski definition) is 3. The molecule has 0 amide bonds. The first-order chi connectivity index (χ1) is 6.18. The highest BCUT2D eigenvalue weighted by Crippen LogP contribution is 2.15. The van der Waals surface area contributed by atoms with E-state index in [1.807, 2.05) is 16.8 Å². The van der Waals surface area contributed by atoms with Crippen LogP contribution in [0.4, 0.5) is 0 Å². The number of nitrogens with zero attached hydrogens (tertiary/aromatic N) is 1. The Labute approximate surface area is 84.6 Å². The first kappa shape index (κ1) is 10.1. The molecule has 70 valence electrons. The fourth-order valence-corrected chi connectivity index (χ4v) is 2.10. The Kier molecular flexibility index (Phi) is 3.78. The zero-order valence-corrected chi connectivity index (χ0v) is 8.49. The van der Waals surface area contributed by atoms with Gasteiger partial charge in [-0.15, -0.1) is 0 Å². The zero-order chi connectivity index (χ0) is 9.68. The van der Waals surface area contributed by atoms with E-state index in [-0.39, 0.29) is 11.1 Å². The molecule has 0 spiro atoms. The van der Waals surface area contributed by atoms with Crippen LogP contribution in [0.3, 0.4) is 0 Å². The third-order valence-electron chi connectivity index (χ3n) is 1.19. The standard InChI is InChI=1S/C7H10N4S2/c8-6(9)11-7(10)13-4-5-1-2-12-3-5/h1-3H,4H2,(H5,8,9,10,11). The van der Waals surface area contributed by atoms with Crippen LogP contribution in [0.1, 0.15) is 5.56 Å². The molecular weight excluding hydrogens is 204 g/mol. The Morgan fingerprint density at radius 1 is 1.62 bits per heavy atom. The molecule has 0 fully saturated rings. The summed E-state index contributed by atoms with van der Waals surface area (Å²) in [7, 11) is 0. The highest BCUT2D eigenvalue weighted by Gasteiger charge is 1.98. The molecule has 1 aromatic heterocycles. The first-order valence-electron chi connectivity index (χ1n) is 3.50. The topological polar surface area (TPSA) is 88.2 Å². The molecule has 0 radical (unpaired) electrons. The summed E-state index contributed by atoms with van der Waals surface area (Å²) in [6.07, 6.45) is 0. The fraction of sp³-hybridized carbons (Fsp3) is 0.143. The van der Waals surface area contributed by atoms with Gasteiger partial charge in [-0.3, -0.25) is 5.41 Å². The molecule has 0 atom stereocenters. The van der Waals surface area contributed by atoms with Gasteiger partial charge in [0.25, 0.3) is 0 Å². The Morgan fingerprint density at radius 2 is 2.38 bits per heavy atom. The molecular formula is C7H10N4S2. The minimum absolute atomic E-state index is 0.0668. The van der Waals surface area contributed by atoms with Gasteiger partial charge < -0.3 is 11.5 Å². The third kappa shape index (κ3) is 3.95. The number of nitrogens with one attached hydrogen (secondary N) is 1. The van der Waals surface area contributed by atoms with Crippen molar-refractivity contribution in [3.05, 3.63) is 22.4 Å². The molecule has 0 aliphatic rings. The van der Waals surface area contributed by atoms with Gasteiger partial charge in [-0.05, 0) is 22.4 Å². The monoisotopic (exact) mass is 214 g/mol. The lowest BCUT2D eigenvalue weighted by Crippen LogP contribution is -2.23. The number of rotatable bonds is 2. The Bertz CT molecular complexity index is 300. The summed E-state index contributed by atoms with van der Waals surface area (Å²) in [6.45, 7) is 0. The van der Waals surface area contributed by atoms with Crippen molar-refractivity contribution >= 4 is 34.2 Å². The van der Waals surface area contributed by atoms with Gasteiger partial charge in [0.05, 0.1) is 0 Å². The lowest BCUT2D eigenvalue weighted by Gasteiger charge is -1.96. The van der Waals surface area contributed by atoms with Gasteiger partial charge in [0.2, 0.25) is 0 Å². The van der Waals surface area contributed by atoms with Gasteiger partial charge >= 0.3 is 0 Å². The summed E-state index contributed by atoms with van der Waals surface area (Å²) >= 11 is 2.94. The van der Waals surface area contributed by atoms with Crippen LogP contribution in [0.15, 0.2) is 21.8 Å². The smallest absolute Gasteiger partial charge is 0.193 e. The van der Waals surface area contributed by atoms with Crippen LogP contribution in [0.2, 0.25) is 0 Å². The maximum absolute atomic E-state index is 7.34. The molecule has 13 heavy (non-hydrogen) atoms. The number of nitrogens with two attached hydrogens (primary N) is 2. The van der Waals surface area contributed by atoms with Crippen molar-refractivity contribution in [1.29, 1.82) is 5.41 Å². The predicted octanol–water partition coefficient (Wildman–Crippen LogP) is 1.19. The van der Waals surface area contributed by atoms with Crippen LogP contribution in [-0.4, -0.2) is 11.1 Å². The lowest BCUT2D eigenvalue weighted by molar-refractivity contribution is 1.43. The van der Waals surface area contributed by atoms with Crippen molar-refractivity contribution in [2.24, 2.45) is 16.5 Å². The number of amidine groups is 1. The molecule has 5 N–H and O–H groups in total. The van der Waals surface area contributed by atoms with E-state index >= 15 is 0 Å². The average molecular weight is 214 g/mol. The molecule has 6 heteroatoms. The number of aliphatic imine (C=N–C) groups is 1. The number of thiophene rings is 1. The fourth-order valence-electron chi connectivity index (χ4n) is 0.676. The molecule has 0 unspecified atom stereocenters. The summed E-state index contributed by atoms with van der Waals surface area (Å²) in [5.74, 6) is 0.668. The molecule has 0 saturated heterocycles. The largest absolute Gasteiger partial charge is 0.370 e. The van der Waals surface area contributed by atoms with E-state index < -0.39 is 0 Å². The van der Waals surface area contributed by atoms with Crippen LogP contribution in [0, 0.1) is 5.41 Å². The molecule has 0 aromatic carbocycles. The Balaban J connectivity index is 2.35. The van der Waals surface area contributed by atoms with E-state index in [0.29, 0.717) is 0 Å². The summed E-state index contributed by atoms with van der Waals surface area (Å²) in [5, 5.41) is 11.5. The number of guanidine groups is 1.